The molecule has 1 aromatic heterocycles. The van der Waals surface area contributed by atoms with Crippen molar-refractivity contribution in [1.29, 1.82) is 5.41 Å². The van der Waals surface area contributed by atoms with Gasteiger partial charge in [0.15, 0.2) is 16.1 Å². The Labute approximate surface area is 195 Å². The summed E-state index contributed by atoms with van der Waals surface area (Å²) in [5.41, 5.74) is 16.0. The van der Waals surface area contributed by atoms with E-state index in [9.17, 15) is 14.4 Å². The molecule has 2 amide bonds. The highest BCUT2D eigenvalue weighted by Gasteiger charge is 2.33. The van der Waals surface area contributed by atoms with Crippen LogP contribution in [-0.4, -0.2) is 70.0 Å². The fourth-order valence-corrected chi connectivity index (χ4v) is 4.58. The molecule has 1 unspecified atom stereocenters. The molecule has 13 heteroatoms. The van der Waals surface area contributed by atoms with Crippen molar-refractivity contribution in [2.75, 3.05) is 25.4 Å². The number of amidine groups is 1. The first-order chi connectivity index (χ1) is 15.3. The predicted octanol–water partition coefficient (Wildman–Crippen LogP) is 0.120. The molecule has 1 aromatic rings. The predicted molar refractivity (Wildman–Crippen MR) is 127 cm³/mol. The van der Waals surface area contributed by atoms with Crippen molar-refractivity contribution < 1.29 is 14.4 Å². The van der Waals surface area contributed by atoms with E-state index in [4.69, 9.17) is 22.6 Å². The van der Waals surface area contributed by atoms with E-state index in [2.05, 4.69) is 15.3 Å². The number of thiazole rings is 1. The highest BCUT2D eigenvalue weighted by molar-refractivity contribution is 8.13. The molecule has 1 fully saturated rings. The van der Waals surface area contributed by atoms with Gasteiger partial charge in [0.1, 0.15) is 0 Å². The number of likely N-dealkylation sites (tertiary alicyclic amines) is 1. The Balaban J connectivity index is 1.87. The molecular weight excluding hydrogens is 452 g/mol. The second-order valence-electron chi connectivity index (χ2n) is 7.37. The van der Waals surface area contributed by atoms with E-state index in [1.54, 1.807) is 5.38 Å². The minimum absolute atomic E-state index is 0.0289. The zero-order valence-corrected chi connectivity index (χ0v) is 19.4. The third-order valence-corrected chi connectivity index (χ3v) is 6.53. The normalized spacial score (nSPS) is 16.6. The van der Waals surface area contributed by atoms with Gasteiger partial charge in [-0.25, -0.2) is 4.98 Å². The number of aliphatic imine (C=N–C) groups is 1. The maximum atomic E-state index is 12.8. The third-order valence-electron chi connectivity index (χ3n) is 4.94. The average Bonchev–Trinajstić information content (AvgIpc) is 3.38. The third kappa shape index (κ3) is 8.46. The van der Waals surface area contributed by atoms with Gasteiger partial charge < -0.3 is 27.4 Å². The number of ketones is 1. The summed E-state index contributed by atoms with van der Waals surface area (Å²) in [5.74, 6) is -0.167. The van der Waals surface area contributed by atoms with Crippen molar-refractivity contribution in [1.82, 2.24) is 15.2 Å². The summed E-state index contributed by atoms with van der Waals surface area (Å²) in [4.78, 5) is 47.5. The molecule has 1 saturated heterocycles. The number of hydrogen-bond acceptors (Lipinski definition) is 8. The fourth-order valence-electron chi connectivity index (χ4n) is 3.42. The maximum absolute atomic E-state index is 12.8. The summed E-state index contributed by atoms with van der Waals surface area (Å²) in [6, 6.07) is -0.764. The van der Waals surface area contributed by atoms with Crippen LogP contribution >= 0.6 is 23.1 Å². The van der Waals surface area contributed by atoms with Crippen molar-refractivity contribution in [2.45, 2.75) is 38.1 Å². The zero-order chi connectivity index (χ0) is 23.5. The zero-order valence-electron chi connectivity index (χ0n) is 17.8. The molecule has 0 aromatic carbocycles. The molecule has 0 bridgehead atoms. The highest BCUT2D eigenvalue weighted by Crippen LogP contribution is 2.23. The molecule has 8 N–H and O–H groups in total. The maximum Gasteiger partial charge on any atom is 0.240 e. The van der Waals surface area contributed by atoms with Crippen molar-refractivity contribution >= 4 is 51.8 Å². The number of carbonyl (C=O) groups is 3. The Bertz CT molecular complexity index is 827. The number of hydrogen-bond donors (Lipinski definition) is 5. The molecule has 11 nitrogen and oxygen atoms in total. The summed E-state index contributed by atoms with van der Waals surface area (Å²) in [6.07, 6.45) is 4.56. The minimum Gasteiger partial charge on any atom is -0.379 e. The van der Waals surface area contributed by atoms with Gasteiger partial charge in [-0.15, -0.1) is 11.3 Å². The molecule has 2 rings (SSSR count). The lowest BCUT2D eigenvalue weighted by molar-refractivity contribution is -0.135. The largest absolute Gasteiger partial charge is 0.379 e. The van der Waals surface area contributed by atoms with Gasteiger partial charge in [-0.05, 0) is 32.1 Å². The number of thioether (sulfide) groups is 1. The van der Waals surface area contributed by atoms with E-state index in [1.165, 1.54) is 34.2 Å². The molecule has 2 heterocycles. The Morgan fingerprint density at radius 1 is 1.38 bits per heavy atom. The number of nitrogens with zero attached hydrogens (tertiary/aromatic N) is 3. The van der Waals surface area contributed by atoms with Gasteiger partial charge in [-0.1, -0.05) is 11.8 Å². The molecule has 0 aliphatic carbocycles. The first-order valence-electron chi connectivity index (χ1n) is 10.3. The van der Waals surface area contributed by atoms with Gasteiger partial charge in [-0.3, -0.25) is 24.8 Å². The molecule has 2 atom stereocenters. The molecular formula is C19H30N8O3S2. The molecule has 0 spiro atoms. The molecule has 176 valence electrons. The fraction of sp³-hybridized carbons (Fsp3) is 0.579. The minimum atomic E-state index is -0.764. The van der Waals surface area contributed by atoms with E-state index in [0.717, 1.165) is 6.42 Å². The van der Waals surface area contributed by atoms with Crippen molar-refractivity contribution in [3.05, 3.63) is 16.6 Å². The smallest absolute Gasteiger partial charge is 0.240 e. The van der Waals surface area contributed by atoms with Crippen LogP contribution in [0.1, 0.15) is 41.9 Å². The van der Waals surface area contributed by atoms with Crippen LogP contribution in [0.3, 0.4) is 0 Å². The van der Waals surface area contributed by atoms with Crippen LogP contribution in [0.25, 0.3) is 0 Å². The molecule has 1 aliphatic heterocycles. The van der Waals surface area contributed by atoms with Crippen molar-refractivity contribution in [3.63, 3.8) is 0 Å². The molecule has 0 saturated carbocycles. The topological polar surface area (TPSA) is 194 Å². The summed E-state index contributed by atoms with van der Waals surface area (Å²) >= 11 is 2.47. The van der Waals surface area contributed by atoms with Crippen LogP contribution in [0, 0.1) is 11.3 Å². The van der Waals surface area contributed by atoms with Gasteiger partial charge >= 0.3 is 0 Å². The number of amides is 2. The molecule has 1 aliphatic rings. The first-order valence-corrected chi connectivity index (χ1v) is 12.2. The van der Waals surface area contributed by atoms with Crippen LogP contribution in [0.4, 0.5) is 0 Å². The number of aromatic nitrogens is 1. The molecule has 32 heavy (non-hydrogen) atoms. The number of nitrogens with one attached hydrogen (secondary N) is 2. The van der Waals surface area contributed by atoms with E-state index >= 15 is 0 Å². The van der Waals surface area contributed by atoms with E-state index in [-0.39, 0.29) is 41.2 Å². The standard InChI is InChI=1S/C19H30N8O3S2/c20-18(21)25-6-1-4-13(15(29)16-24-7-10-31-16)26-14(28)11-27-8-5-12(17(27)30)3-2-9-32-19(22)23/h7,10,12-13H,1-6,8-9,11H2,(H3,22,23)(H,26,28)(H4,20,21,25)/t12?,13-/m0/s1. The monoisotopic (exact) mass is 482 g/mol. The van der Waals surface area contributed by atoms with Gasteiger partial charge in [0, 0.05) is 36.3 Å². The van der Waals surface area contributed by atoms with E-state index < -0.39 is 6.04 Å². The second-order valence-corrected chi connectivity index (χ2v) is 9.40. The first kappa shape index (κ1) is 25.6. The number of carbonyl (C=O) groups excluding carboxylic acids is 3. The molecule has 0 radical (unpaired) electrons. The Morgan fingerprint density at radius 2 is 2.16 bits per heavy atom. The Kier molecular flexibility index (Phi) is 10.4. The van der Waals surface area contributed by atoms with E-state index in [0.29, 0.717) is 49.5 Å². The van der Waals surface area contributed by atoms with Gasteiger partial charge in [0.05, 0.1) is 12.6 Å². The lowest BCUT2D eigenvalue weighted by Gasteiger charge is -2.20. The van der Waals surface area contributed by atoms with Crippen LogP contribution < -0.4 is 22.5 Å². The quantitative estimate of drug-likeness (QED) is 0.113. The SMILES string of the molecule is N=C(N)SCCCC1CCN(CC(=O)N[C@@H](CCCN=C(N)N)C(=O)c2nccs2)C1=O. The van der Waals surface area contributed by atoms with Gasteiger partial charge in [-0.2, -0.15) is 0 Å². The number of Topliss-reactive ketones (excluding diaryl/α,β-unsaturated/α-hetero) is 1. The summed E-state index contributed by atoms with van der Waals surface area (Å²) < 4.78 is 0. The Hall–Kier alpha value is -2.67. The van der Waals surface area contributed by atoms with E-state index in [1.807, 2.05) is 0 Å². The van der Waals surface area contributed by atoms with Crippen LogP contribution in [-0.2, 0) is 9.59 Å². The van der Waals surface area contributed by atoms with Crippen LogP contribution in [0.15, 0.2) is 16.6 Å². The van der Waals surface area contributed by atoms with Gasteiger partial charge in [0.25, 0.3) is 0 Å². The highest BCUT2D eigenvalue weighted by atomic mass is 32.2. The van der Waals surface area contributed by atoms with Crippen molar-refractivity contribution in [3.8, 4) is 0 Å². The summed E-state index contributed by atoms with van der Waals surface area (Å²) in [5, 5.41) is 12.0. The average molecular weight is 483 g/mol. The lowest BCUT2D eigenvalue weighted by atomic mass is 10.0. The second kappa shape index (κ2) is 13.0. The number of nitrogens with two attached hydrogens (primary N) is 3. The van der Waals surface area contributed by atoms with Gasteiger partial charge in [0.2, 0.25) is 17.6 Å². The summed E-state index contributed by atoms with van der Waals surface area (Å²) in [6.45, 7) is 0.757. The Morgan fingerprint density at radius 3 is 2.81 bits per heavy atom. The lowest BCUT2D eigenvalue weighted by Crippen LogP contribution is -2.46. The summed E-state index contributed by atoms with van der Waals surface area (Å²) in [7, 11) is 0. The van der Waals surface area contributed by atoms with Crippen molar-refractivity contribution in [2.24, 2.45) is 28.1 Å². The van der Waals surface area contributed by atoms with Crippen LogP contribution in [0.2, 0.25) is 0 Å². The number of guanidine groups is 1. The van der Waals surface area contributed by atoms with Crippen LogP contribution in [0.5, 0.6) is 0 Å². The number of rotatable bonds is 13.